The highest BCUT2D eigenvalue weighted by molar-refractivity contribution is 5.81. The molecule has 0 aliphatic heterocycles. The standard InChI is InChI=1S/C14H20N4O/c1-4-9(3)18(5-2)14-16-12-7-6-10(15)8-11(12)13(19)17-14/h6-9H,4-5,15H2,1-3H3,(H,16,17,19). The van der Waals surface area contributed by atoms with Crippen molar-refractivity contribution >= 4 is 22.5 Å². The Balaban J connectivity index is 2.57. The summed E-state index contributed by atoms with van der Waals surface area (Å²) in [4.78, 5) is 21.6. The summed E-state index contributed by atoms with van der Waals surface area (Å²) in [6.07, 6.45) is 0.997. The Bertz CT molecular complexity index is 635. The Morgan fingerprint density at radius 2 is 2.16 bits per heavy atom. The zero-order valence-electron chi connectivity index (χ0n) is 11.6. The van der Waals surface area contributed by atoms with Crippen LogP contribution in [0.2, 0.25) is 0 Å². The maximum atomic E-state index is 12.1. The zero-order valence-corrected chi connectivity index (χ0v) is 11.6. The van der Waals surface area contributed by atoms with E-state index >= 15 is 0 Å². The number of nitrogens with zero attached hydrogens (tertiary/aromatic N) is 2. The number of fused-ring (bicyclic) bond motifs is 1. The molecule has 0 spiro atoms. The minimum atomic E-state index is -0.144. The van der Waals surface area contributed by atoms with Gasteiger partial charge in [0, 0.05) is 18.3 Å². The summed E-state index contributed by atoms with van der Waals surface area (Å²) in [6, 6.07) is 5.54. The van der Waals surface area contributed by atoms with Gasteiger partial charge in [0.2, 0.25) is 5.95 Å². The van der Waals surface area contributed by atoms with E-state index in [-0.39, 0.29) is 5.56 Å². The van der Waals surface area contributed by atoms with Crippen LogP contribution in [-0.4, -0.2) is 22.6 Å². The second-order valence-electron chi connectivity index (χ2n) is 4.71. The maximum Gasteiger partial charge on any atom is 0.260 e. The number of rotatable bonds is 4. The van der Waals surface area contributed by atoms with Gasteiger partial charge in [-0.3, -0.25) is 9.78 Å². The molecule has 0 bridgehead atoms. The molecule has 0 fully saturated rings. The molecular weight excluding hydrogens is 240 g/mol. The van der Waals surface area contributed by atoms with Gasteiger partial charge >= 0.3 is 0 Å². The fourth-order valence-electron chi connectivity index (χ4n) is 2.17. The molecule has 3 N–H and O–H groups in total. The van der Waals surface area contributed by atoms with Crippen LogP contribution in [0.25, 0.3) is 10.9 Å². The molecule has 0 aliphatic rings. The lowest BCUT2D eigenvalue weighted by atomic mass is 10.2. The summed E-state index contributed by atoms with van der Waals surface area (Å²) in [5.74, 6) is 0.624. The van der Waals surface area contributed by atoms with Crippen molar-refractivity contribution in [2.45, 2.75) is 33.2 Å². The van der Waals surface area contributed by atoms with Gasteiger partial charge in [0.05, 0.1) is 10.9 Å². The van der Waals surface area contributed by atoms with Crippen LogP contribution in [-0.2, 0) is 0 Å². The van der Waals surface area contributed by atoms with Gasteiger partial charge in [-0.2, -0.15) is 0 Å². The Labute approximate surface area is 112 Å². The van der Waals surface area contributed by atoms with E-state index in [9.17, 15) is 4.79 Å². The number of anilines is 2. The number of aromatic amines is 1. The quantitative estimate of drug-likeness (QED) is 0.826. The molecule has 2 aromatic rings. The van der Waals surface area contributed by atoms with Crippen molar-refractivity contribution in [2.75, 3.05) is 17.2 Å². The summed E-state index contributed by atoms with van der Waals surface area (Å²) >= 11 is 0. The lowest BCUT2D eigenvalue weighted by Gasteiger charge is -2.27. The van der Waals surface area contributed by atoms with Crippen molar-refractivity contribution in [1.29, 1.82) is 0 Å². The third kappa shape index (κ3) is 2.54. The lowest BCUT2D eigenvalue weighted by molar-refractivity contribution is 0.615. The molecule has 0 saturated carbocycles. The van der Waals surface area contributed by atoms with E-state index < -0.39 is 0 Å². The molecule has 2 rings (SSSR count). The average molecular weight is 260 g/mol. The molecule has 1 atom stereocenters. The molecule has 0 aliphatic carbocycles. The van der Waals surface area contributed by atoms with Gasteiger partial charge in [-0.25, -0.2) is 4.98 Å². The molecule has 102 valence electrons. The molecule has 1 aromatic heterocycles. The van der Waals surface area contributed by atoms with Gasteiger partial charge in [0.15, 0.2) is 0 Å². The minimum Gasteiger partial charge on any atom is -0.399 e. The van der Waals surface area contributed by atoms with Crippen LogP contribution in [0.4, 0.5) is 11.6 Å². The largest absolute Gasteiger partial charge is 0.399 e. The Morgan fingerprint density at radius 1 is 1.42 bits per heavy atom. The van der Waals surface area contributed by atoms with Crippen LogP contribution in [0.1, 0.15) is 27.2 Å². The van der Waals surface area contributed by atoms with Crippen LogP contribution >= 0.6 is 0 Å². The van der Waals surface area contributed by atoms with Crippen molar-refractivity contribution in [3.63, 3.8) is 0 Å². The number of H-pyrrole nitrogens is 1. The summed E-state index contributed by atoms with van der Waals surface area (Å²) in [5, 5.41) is 0.531. The van der Waals surface area contributed by atoms with Crippen LogP contribution < -0.4 is 16.2 Å². The van der Waals surface area contributed by atoms with Crippen LogP contribution in [0.15, 0.2) is 23.0 Å². The van der Waals surface area contributed by atoms with E-state index in [0.717, 1.165) is 13.0 Å². The lowest BCUT2D eigenvalue weighted by Crippen LogP contribution is -2.35. The number of hydrogen-bond acceptors (Lipinski definition) is 4. The highest BCUT2D eigenvalue weighted by atomic mass is 16.1. The van der Waals surface area contributed by atoms with Crippen LogP contribution in [0.3, 0.4) is 0 Å². The highest BCUT2D eigenvalue weighted by Crippen LogP contribution is 2.17. The highest BCUT2D eigenvalue weighted by Gasteiger charge is 2.14. The van der Waals surface area contributed by atoms with Crippen LogP contribution in [0, 0.1) is 0 Å². The van der Waals surface area contributed by atoms with Gasteiger partial charge in [-0.15, -0.1) is 0 Å². The molecule has 5 nitrogen and oxygen atoms in total. The van der Waals surface area contributed by atoms with Crippen molar-refractivity contribution in [2.24, 2.45) is 0 Å². The Kier molecular flexibility index (Phi) is 3.74. The summed E-state index contributed by atoms with van der Waals surface area (Å²) in [6.45, 7) is 7.10. The number of benzene rings is 1. The average Bonchev–Trinajstić information content (AvgIpc) is 2.40. The maximum absolute atomic E-state index is 12.1. The first-order valence-corrected chi connectivity index (χ1v) is 6.63. The number of aromatic nitrogens is 2. The van der Waals surface area contributed by atoms with Gasteiger partial charge in [-0.1, -0.05) is 6.92 Å². The molecule has 1 heterocycles. The predicted molar refractivity (Wildman–Crippen MR) is 79.5 cm³/mol. The zero-order chi connectivity index (χ0) is 14.0. The van der Waals surface area contributed by atoms with E-state index in [4.69, 9.17) is 5.73 Å². The predicted octanol–water partition coefficient (Wildman–Crippen LogP) is 2.13. The Morgan fingerprint density at radius 3 is 2.79 bits per heavy atom. The van der Waals surface area contributed by atoms with Crippen molar-refractivity contribution < 1.29 is 0 Å². The second kappa shape index (κ2) is 5.30. The molecule has 1 unspecified atom stereocenters. The topological polar surface area (TPSA) is 75.0 Å². The number of nitrogens with one attached hydrogen (secondary N) is 1. The summed E-state index contributed by atoms with van der Waals surface area (Å²) in [7, 11) is 0. The molecule has 1 aromatic carbocycles. The number of nitrogen functional groups attached to an aromatic ring is 1. The third-order valence-electron chi connectivity index (χ3n) is 3.45. The second-order valence-corrected chi connectivity index (χ2v) is 4.71. The smallest absolute Gasteiger partial charge is 0.260 e. The molecule has 5 heteroatoms. The first kappa shape index (κ1) is 13.4. The van der Waals surface area contributed by atoms with E-state index in [2.05, 4.69) is 35.6 Å². The molecule has 0 amide bonds. The molecule has 19 heavy (non-hydrogen) atoms. The fourth-order valence-corrected chi connectivity index (χ4v) is 2.17. The van der Waals surface area contributed by atoms with Gasteiger partial charge in [0.1, 0.15) is 0 Å². The van der Waals surface area contributed by atoms with Gasteiger partial charge in [-0.05, 0) is 38.5 Å². The van der Waals surface area contributed by atoms with Crippen molar-refractivity contribution in [3.05, 3.63) is 28.6 Å². The third-order valence-corrected chi connectivity index (χ3v) is 3.45. The molecule has 0 radical (unpaired) electrons. The fraction of sp³-hybridized carbons (Fsp3) is 0.429. The van der Waals surface area contributed by atoms with E-state index in [1.165, 1.54) is 0 Å². The number of hydrogen-bond donors (Lipinski definition) is 2. The van der Waals surface area contributed by atoms with Gasteiger partial charge in [0.25, 0.3) is 5.56 Å². The minimum absolute atomic E-state index is 0.144. The summed E-state index contributed by atoms with van der Waals surface area (Å²) < 4.78 is 0. The molecule has 0 saturated heterocycles. The van der Waals surface area contributed by atoms with E-state index in [1.54, 1.807) is 18.2 Å². The Hall–Kier alpha value is -2.04. The van der Waals surface area contributed by atoms with Gasteiger partial charge < -0.3 is 10.6 Å². The summed E-state index contributed by atoms with van der Waals surface area (Å²) in [5.41, 5.74) is 6.80. The first-order chi connectivity index (χ1) is 9.06. The normalized spacial score (nSPS) is 12.6. The first-order valence-electron chi connectivity index (χ1n) is 6.63. The monoisotopic (exact) mass is 260 g/mol. The SMILES string of the molecule is CCC(C)N(CC)c1nc2ccc(N)cc2c(=O)[nH]1. The number of nitrogens with two attached hydrogens (primary N) is 1. The van der Waals surface area contributed by atoms with Crippen molar-refractivity contribution in [1.82, 2.24) is 9.97 Å². The van der Waals surface area contributed by atoms with E-state index in [0.29, 0.717) is 28.6 Å². The molecular formula is C14H20N4O. The van der Waals surface area contributed by atoms with Crippen molar-refractivity contribution in [3.8, 4) is 0 Å². The van der Waals surface area contributed by atoms with E-state index in [1.807, 2.05) is 0 Å². The van der Waals surface area contributed by atoms with Crippen LogP contribution in [0.5, 0.6) is 0 Å².